The first kappa shape index (κ1) is 13.2. The molecule has 4 rings (SSSR count). The molecule has 0 amide bonds. The molecule has 3 saturated carbocycles. The van der Waals surface area contributed by atoms with Crippen molar-refractivity contribution in [3.05, 3.63) is 34.9 Å². The molecule has 0 unspecified atom stereocenters. The van der Waals surface area contributed by atoms with Gasteiger partial charge in [0.05, 0.1) is 0 Å². The first-order valence-electron chi connectivity index (χ1n) is 8.19. The summed E-state index contributed by atoms with van der Waals surface area (Å²) in [5.74, 6) is 0. The maximum atomic E-state index is 6.24. The highest BCUT2D eigenvalue weighted by molar-refractivity contribution is 6.30. The molecule has 0 aromatic heterocycles. The van der Waals surface area contributed by atoms with Gasteiger partial charge in [0.15, 0.2) is 0 Å². The van der Waals surface area contributed by atoms with Crippen LogP contribution in [0.1, 0.15) is 56.9 Å². The summed E-state index contributed by atoms with van der Waals surface area (Å²) in [6.07, 6.45) is 11.3. The molecule has 0 heterocycles. The van der Waals surface area contributed by atoms with E-state index in [4.69, 9.17) is 11.6 Å². The number of benzene rings is 1. The minimum atomic E-state index is 0.359. The van der Waals surface area contributed by atoms with Crippen molar-refractivity contribution in [1.29, 1.82) is 0 Å². The minimum Gasteiger partial charge on any atom is -0.313 e. The summed E-state index contributed by atoms with van der Waals surface area (Å²) in [5, 5.41) is 4.67. The van der Waals surface area contributed by atoms with Crippen LogP contribution >= 0.6 is 11.6 Å². The van der Waals surface area contributed by atoms with Crippen LogP contribution in [-0.2, 0) is 5.41 Å². The molecule has 1 nitrogen and oxygen atoms in total. The van der Waals surface area contributed by atoms with Crippen molar-refractivity contribution in [3.8, 4) is 0 Å². The van der Waals surface area contributed by atoms with E-state index in [1.54, 1.807) is 0 Å². The summed E-state index contributed by atoms with van der Waals surface area (Å²) in [4.78, 5) is 0. The molecule has 0 atom stereocenters. The van der Waals surface area contributed by atoms with Gasteiger partial charge in [-0.05, 0) is 61.6 Å². The average Bonchev–Trinajstić information content (AvgIpc) is 3.11. The molecule has 3 aliphatic rings. The number of halogens is 1. The second-order valence-corrected chi connectivity index (χ2v) is 7.94. The van der Waals surface area contributed by atoms with Crippen LogP contribution in [0.15, 0.2) is 24.3 Å². The second-order valence-electron chi connectivity index (χ2n) is 7.51. The fourth-order valence-corrected chi connectivity index (χ4v) is 4.93. The van der Waals surface area contributed by atoms with Crippen molar-refractivity contribution in [3.63, 3.8) is 0 Å². The molecule has 0 bridgehead atoms. The van der Waals surface area contributed by atoms with E-state index in [0.717, 1.165) is 17.6 Å². The Morgan fingerprint density at radius 1 is 1.15 bits per heavy atom. The third kappa shape index (κ3) is 2.29. The molecular formula is C18H24ClN. The quantitative estimate of drug-likeness (QED) is 0.848. The predicted molar refractivity (Wildman–Crippen MR) is 84.3 cm³/mol. The van der Waals surface area contributed by atoms with E-state index in [9.17, 15) is 0 Å². The van der Waals surface area contributed by atoms with E-state index in [2.05, 4.69) is 23.5 Å². The minimum absolute atomic E-state index is 0.359. The van der Waals surface area contributed by atoms with Gasteiger partial charge in [-0.25, -0.2) is 0 Å². The van der Waals surface area contributed by atoms with Crippen molar-refractivity contribution in [2.45, 2.75) is 62.8 Å². The first-order valence-corrected chi connectivity index (χ1v) is 8.57. The van der Waals surface area contributed by atoms with E-state index in [0.29, 0.717) is 10.8 Å². The molecule has 20 heavy (non-hydrogen) atoms. The van der Waals surface area contributed by atoms with Gasteiger partial charge in [0, 0.05) is 23.0 Å². The summed E-state index contributed by atoms with van der Waals surface area (Å²) in [6, 6.07) is 9.42. The topological polar surface area (TPSA) is 12.0 Å². The van der Waals surface area contributed by atoms with Gasteiger partial charge in [-0.2, -0.15) is 0 Å². The maximum Gasteiger partial charge on any atom is 0.0408 e. The van der Waals surface area contributed by atoms with Crippen LogP contribution in [0.5, 0.6) is 0 Å². The van der Waals surface area contributed by atoms with Gasteiger partial charge in [0.25, 0.3) is 0 Å². The normalized spacial score (nSPS) is 26.6. The fourth-order valence-electron chi connectivity index (χ4n) is 4.74. The summed E-state index contributed by atoms with van der Waals surface area (Å²) in [7, 11) is 0. The number of nitrogens with one attached hydrogen (secondary N) is 1. The Morgan fingerprint density at radius 2 is 1.90 bits per heavy atom. The summed E-state index contributed by atoms with van der Waals surface area (Å²) < 4.78 is 0. The van der Waals surface area contributed by atoms with Crippen LogP contribution in [0.4, 0.5) is 0 Å². The van der Waals surface area contributed by atoms with E-state index in [1.165, 1.54) is 56.9 Å². The predicted octanol–water partition coefficient (Wildman–Crippen LogP) is 4.68. The molecule has 2 heteroatoms. The zero-order valence-electron chi connectivity index (χ0n) is 12.1. The van der Waals surface area contributed by atoms with E-state index in [-0.39, 0.29) is 0 Å². The van der Waals surface area contributed by atoms with Gasteiger partial charge < -0.3 is 5.32 Å². The number of hydrogen-bond donors (Lipinski definition) is 1. The smallest absolute Gasteiger partial charge is 0.0408 e. The van der Waals surface area contributed by atoms with Crippen molar-refractivity contribution < 1.29 is 0 Å². The van der Waals surface area contributed by atoms with Crippen LogP contribution in [-0.4, -0.2) is 12.6 Å². The highest BCUT2D eigenvalue weighted by Crippen LogP contribution is 2.62. The zero-order valence-corrected chi connectivity index (χ0v) is 12.9. The van der Waals surface area contributed by atoms with Gasteiger partial charge in [0.2, 0.25) is 0 Å². The zero-order chi connectivity index (χ0) is 13.6. The molecule has 0 saturated heterocycles. The first-order chi connectivity index (χ1) is 9.70. The van der Waals surface area contributed by atoms with Crippen molar-refractivity contribution in [2.75, 3.05) is 6.54 Å². The number of hydrogen-bond acceptors (Lipinski definition) is 1. The van der Waals surface area contributed by atoms with E-state index < -0.39 is 0 Å². The average molecular weight is 290 g/mol. The molecule has 0 aliphatic heterocycles. The molecule has 3 fully saturated rings. The van der Waals surface area contributed by atoms with Gasteiger partial charge in [-0.3, -0.25) is 0 Å². The molecule has 1 aromatic carbocycles. The highest BCUT2D eigenvalue weighted by Gasteiger charge is 2.55. The lowest BCUT2D eigenvalue weighted by molar-refractivity contribution is 0.0267. The second kappa shape index (κ2) is 4.74. The Bertz CT molecular complexity index is 492. The Kier molecular flexibility index (Phi) is 3.12. The van der Waals surface area contributed by atoms with Gasteiger partial charge in [-0.15, -0.1) is 0 Å². The Hall–Kier alpha value is -0.530. The molecule has 3 aliphatic carbocycles. The monoisotopic (exact) mass is 289 g/mol. The molecule has 1 aromatic rings. The van der Waals surface area contributed by atoms with Gasteiger partial charge in [-0.1, -0.05) is 36.6 Å². The molecular weight excluding hydrogens is 266 g/mol. The summed E-state index contributed by atoms with van der Waals surface area (Å²) in [6.45, 7) is 1.15. The largest absolute Gasteiger partial charge is 0.313 e. The van der Waals surface area contributed by atoms with Crippen molar-refractivity contribution >= 4 is 11.6 Å². The van der Waals surface area contributed by atoms with Crippen molar-refractivity contribution in [1.82, 2.24) is 5.32 Å². The number of rotatable bonds is 4. The standard InChI is InChI=1S/C18H24ClN/c19-15-5-3-4-14(10-15)18(13-20-16-6-7-16)11-17(12-18)8-1-2-9-17/h3-5,10,16,20H,1-2,6-9,11-13H2. The fraction of sp³-hybridized carbons (Fsp3) is 0.667. The summed E-state index contributed by atoms with van der Waals surface area (Å²) >= 11 is 6.24. The summed E-state index contributed by atoms with van der Waals surface area (Å²) in [5.41, 5.74) is 2.50. The molecule has 1 N–H and O–H groups in total. The van der Waals surface area contributed by atoms with Crippen LogP contribution < -0.4 is 5.32 Å². The van der Waals surface area contributed by atoms with Crippen LogP contribution in [0.3, 0.4) is 0 Å². The van der Waals surface area contributed by atoms with Crippen LogP contribution in [0.2, 0.25) is 5.02 Å². The van der Waals surface area contributed by atoms with Crippen LogP contribution in [0.25, 0.3) is 0 Å². The van der Waals surface area contributed by atoms with Crippen molar-refractivity contribution in [2.24, 2.45) is 5.41 Å². The highest BCUT2D eigenvalue weighted by atomic mass is 35.5. The lowest BCUT2D eigenvalue weighted by atomic mass is 9.49. The van der Waals surface area contributed by atoms with E-state index >= 15 is 0 Å². The van der Waals surface area contributed by atoms with Gasteiger partial charge in [0.1, 0.15) is 0 Å². The van der Waals surface area contributed by atoms with E-state index in [1.807, 2.05) is 6.07 Å². The lowest BCUT2D eigenvalue weighted by Crippen LogP contribution is -2.54. The Balaban J connectivity index is 1.57. The third-order valence-electron chi connectivity index (χ3n) is 5.83. The lowest BCUT2D eigenvalue weighted by Gasteiger charge is -2.56. The maximum absolute atomic E-state index is 6.24. The Labute approximate surface area is 127 Å². The van der Waals surface area contributed by atoms with Gasteiger partial charge >= 0.3 is 0 Å². The van der Waals surface area contributed by atoms with Crippen LogP contribution in [0, 0.1) is 5.41 Å². The molecule has 108 valence electrons. The third-order valence-corrected chi connectivity index (χ3v) is 6.07. The molecule has 1 spiro atoms. The SMILES string of the molecule is Clc1cccc(C2(CNC3CC3)CC3(CCCC3)C2)c1. The Morgan fingerprint density at radius 3 is 2.55 bits per heavy atom. The molecule has 0 radical (unpaired) electrons.